The van der Waals surface area contributed by atoms with E-state index in [1.165, 1.54) is 0 Å². The Bertz CT molecular complexity index is 321. The summed E-state index contributed by atoms with van der Waals surface area (Å²) < 4.78 is 2.03. The zero-order valence-electron chi connectivity index (χ0n) is 8.74. The normalized spacial score (nSPS) is 19.9. The van der Waals surface area contributed by atoms with E-state index >= 15 is 0 Å². The molecular formula is C9H16N4S. The lowest BCUT2D eigenvalue weighted by Gasteiger charge is -2.14. The molecule has 78 valence electrons. The third kappa shape index (κ3) is 1.62. The third-order valence-corrected chi connectivity index (χ3v) is 3.03. The molecule has 0 aliphatic carbocycles. The number of hydrogen-bond acceptors (Lipinski definition) is 4. The molecule has 0 radical (unpaired) electrons. The van der Waals surface area contributed by atoms with E-state index in [1.54, 1.807) is 11.8 Å². The van der Waals surface area contributed by atoms with Gasteiger partial charge in [-0.2, -0.15) is 5.10 Å². The van der Waals surface area contributed by atoms with Gasteiger partial charge < -0.3 is 5.43 Å². The zero-order valence-corrected chi connectivity index (χ0v) is 9.56. The summed E-state index contributed by atoms with van der Waals surface area (Å²) >= 11 is 1.77. The molecule has 14 heavy (non-hydrogen) atoms. The van der Waals surface area contributed by atoms with E-state index < -0.39 is 0 Å². The Labute approximate surface area is 88.4 Å². The first-order valence-electron chi connectivity index (χ1n) is 4.96. The lowest BCUT2D eigenvalue weighted by Crippen LogP contribution is -2.26. The Kier molecular flexibility index (Phi) is 2.69. The Morgan fingerprint density at radius 3 is 3.07 bits per heavy atom. The summed E-state index contributed by atoms with van der Waals surface area (Å²) in [7, 11) is 0. The highest BCUT2D eigenvalue weighted by molar-refractivity contribution is 7.99. The van der Waals surface area contributed by atoms with Crippen molar-refractivity contribution < 1.29 is 0 Å². The van der Waals surface area contributed by atoms with Gasteiger partial charge in [0.25, 0.3) is 0 Å². The van der Waals surface area contributed by atoms with Gasteiger partial charge in [0.15, 0.2) is 0 Å². The molecule has 2 heterocycles. The highest BCUT2D eigenvalue weighted by Gasteiger charge is 2.25. The molecule has 0 fully saturated rings. The van der Waals surface area contributed by atoms with Gasteiger partial charge in [0, 0.05) is 6.07 Å². The fraction of sp³-hybridized carbons (Fsp3) is 0.667. The number of nitrogens with one attached hydrogen (secondary N) is 2. The van der Waals surface area contributed by atoms with E-state index in [4.69, 9.17) is 0 Å². The van der Waals surface area contributed by atoms with E-state index in [2.05, 4.69) is 42.8 Å². The van der Waals surface area contributed by atoms with Crippen LogP contribution in [-0.2, 0) is 0 Å². The number of fused-ring (bicyclic) bond motifs is 1. The quantitative estimate of drug-likeness (QED) is 0.753. The molecule has 1 atom stereocenters. The van der Waals surface area contributed by atoms with Crippen LogP contribution < -0.4 is 10.9 Å². The highest BCUT2D eigenvalue weighted by Crippen LogP contribution is 2.28. The molecule has 0 amide bonds. The molecule has 1 unspecified atom stereocenters. The van der Waals surface area contributed by atoms with Crippen LogP contribution in [0.3, 0.4) is 0 Å². The van der Waals surface area contributed by atoms with Crippen LogP contribution in [0.1, 0.15) is 26.9 Å². The van der Waals surface area contributed by atoms with Crippen LogP contribution in [-0.4, -0.2) is 15.5 Å². The first kappa shape index (κ1) is 9.86. The molecule has 1 aliphatic rings. The second-order valence-corrected chi connectivity index (χ2v) is 4.99. The molecule has 1 aromatic rings. The minimum Gasteiger partial charge on any atom is -0.304 e. The maximum Gasteiger partial charge on any atom is 0.141 e. The molecule has 0 saturated heterocycles. The number of thioether (sulfide) groups is 1. The van der Waals surface area contributed by atoms with Gasteiger partial charge in [0.05, 0.1) is 0 Å². The van der Waals surface area contributed by atoms with Crippen LogP contribution in [0.5, 0.6) is 0 Å². The smallest absolute Gasteiger partial charge is 0.141 e. The molecule has 5 heteroatoms. The second-order valence-electron chi connectivity index (χ2n) is 3.70. The number of anilines is 1. The van der Waals surface area contributed by atoms with Crippen LogP contribution in [0.25, 0.3) is 0 Å². The molecule has 0 spiro atoms. The van der Waals surface area contributed by atoms with Gasteiger partial charge in [-0.15, -0.1) is 11.8 Å². The molecule has 2 N–H and O–H groups in total. The van der Waals surface area contributed by atoms with Crippen molar-refractivity contribution in [3.05, 3.63) is 6.07 Å². The number of nitrogens with zero attached hydrogens (tertiary/aromatic N) is 2. The average molecular weight is 212 g/mol. The van der Waals surface area contributed by atoms with Gasteiger partial charge in [-0.1, -0.05) is 20.8 Å². The minimum absolute atomic E-state index is 0.274. The second kappa shape index (κ2) is 3.82. The van der Waals surface area contributed by atoms with Gasteiger partial charge in [0.1, 0.15) is 17.0 Å². The van der Waals surface area contributed by atoms with Crippen LogP contribution >= 0.6 is 11.8 Å². The van der Waals surface area contributed by atoms with E-state index in [1.807, 2.05) is 4.68 Å². The first-order chi connectivity index (χ1) is 6.72. The van der Waals surface area contributed by atoms with Crippen LogP contribution in [0, 0.1) is 5.92 Å². The molecule has 0 aromatic carbocycles. The first-order valence-corrected chi connectivity index (χ1v) is 5.94. The number of hydrogen-bond donors (Lipinski definition) is 2. The number of rotatable bonds is 3. The van der Waals surface area contributed by atoms with Crippen molar-refractivity contribution in [3.8, 4) is 0 Å². The Hall–Kier alpha value is -0.680. The number of hydrazine groups is 1. The molecule has 0 bridgehead atoms. The number of aromatic nitrogens is 2. The average Bonchev–Trinajstić information content (AvgIpc) is 2.62. The fourth-order valence-electron chi connectivity index (χ4n) is 1.55. The van der Waals surface area contributed by atoms with Crippen molar-refractivity contribution >= 4 is 17.6 Å². The lowest BCUT2D eigenvalue weighted by molar-refractivity contribution is 0.331. The third-order valence-electron chi connectivity index (χ3n) is 2.25. The van der Waals surface area contributed by atoms with E-state index in [0.29, 0.717) is 5.92 Å². The van der Waals surface area contributed by atoms with Crippen molar-refractivity contribution in [2.75, 3.05) is 11.2 Å². The van der Waals surface area contributed by atoms with Crippen molar-refractivity contribution in [1.82, 2.24) is 15.2 Å². The van der Waals surface area contributed by atoms with E-state index in [9.17, 15) is 0 Å². The molecule has 1 aliphatic heterocycles. The lowest BCUT2D eigenvalue weighted by atomic mass is 10.2. The summed E-state index contributed by atoms with van der Waals surface area (Å²) in [5.41, 5.74) is 6.36. The van der Waals surface area contributed by atoms with Crippen molar-refractivity contribution in [2.24, 2.45) is 5.92 Å². The van der Waals surface area contributed by atoms with Crippen molar-refractivity contribution in [3.63, 3.8) is 0 Å². The van der Waals surface area contributed by atoms with Crippen LogP contribution in [0.4, 0.5) is 5.82 Å². The summed E-state index contributed by atoms with van der Waals surface area (Å²) in [4.78, 5) is 0. The van der Waals surface area contributed by atoms with Gasteiger partial charge >= 0.3 is 0 Å². The predicted octanol–water partition coefficient (Wildman–Crippen LogP) is 2.08. The Morgan fingerprint density at radius 1 is 1.64 bits per heavy atom. The SMILES string of the molecule is CCSc1cc2n(n1)C(C(C)C)NN2. The Morgan fingerprint density at radius 2 is 2.43 bits per heavy atom. The molecule has 0 saturated carbocycles. The predicted molar refractivity (Wildman–Crippen MR) is 59.3 cm³/mol. The summed E-state index contributed by atoms with van der Waals surface area (Å²) in [5.74, 6) is 2.67. The summed E-state index contributed by atoms with van der Waals surface area (Å²) in [6.07, 6.45) is 0.274. The molecule has 2 rings (SSSR count). The monoisotopic (exact) mass is 212 g/mol. The van der Waals surface area contributed by atoms with Crippen LogP contribution in [0.2, 0.25) is 0 Å². The zero-order chi connectivity index (χ0) is 10.1. The standard InChI is InChI=1S/C9H16N4S/c1-4-14-8-5-7-10-11-9(6(2)3)13(7)12-8/h5-6,9-11H,4H2,1-3H3. The topological polar surface area (TPSA) is 41.9 Å². The Balaban J connectivity index is 2.21. The highest BCUT2D eigenvalue weighted by atomic mass is 32.2. The van der Waals surface area contributed by atoms with E-state index in [-0.39, 0.29) is 6.17 Å². The molecule has 1 aromatic heterocycles. The van der Waals surface area contributed by atoms with Crippen molar-refractivity contribution in [2.45, 2.75) is 32.0 Å². The van der Waals surface area contributed by atoms with Gasteiger partial charge in [-0.05, 0) is 11.7 Å². The van der Waals surface area contributed by atoms with E-state index in [0.717, 1.165) is 16.6 Å². The van der Waals surface area contributed by atoms with Crippen LogP contribution in [0.15, 0.2) is 11.1 Å². The van der Waals surface area contributed by atoms with Gasteiger partial charge in [0.2, 0.25) is 0 Å². The van der Waals surface area contributed by atoms with Gasteiger partial charge in [-0.25, -0.2) is 10.1 Å². The summed E-state index contributed by atoms with van der Waals surface area (Å²) in [5, 5.41) is 5.64. The molecular weight excluding hydrogens is 196 g/mol. The minimum atomic E-state index is 0.274. The maximum absolute atomic E-state index is 4.54. The fourth-order valence-corrected chi connectivity index (χ4v) is 2.19. The van der Waals surface area contributed by atoms with Gasteiger partial charge in [-0.3, -0.25) is 0 Å². The molecule has 4 nitrogen and oxygen atoms in total. The summed E-state index contributed by atoms with van der Waals surface area (Å²) in [6, 6.07) is 2.09. The maximum atomic E-state index is 4.54. The van der Waals surface area contributed by atoms with Crippen molar-refractivity contribution in [1.29, 1.82) is 0 Å². The largest absolute Gasteiger partial charge is 0.304 e. The summed E-state index contributed by atoms with van der Waals surface area (Å²) in [6.45, 7) is 6.51.